The zero-order chi connectivity index (χ0) is 26.5. The molecule has 0 saturated carbocycles. The third-order valence-electron chi connectivity index (χ3n) is 6.02. The lowest BCUT2D eigenvalue weighted by Gasteiger charge is -2.30. The first-order valence-corrected chi connectivity index (χ1v) is 13.4. The Morgan fingerprint density at radius 2 is 1.06 bits per heavy atom. The van der Waals surface area contributed by atoms with Crippen molar-refractivity contribution in [3.8, 4) is 0 Å². The summed E-state index contributed by atoms with van der Waals surface area (Å²) in [6, 6.07) is 0. The van der Waals surface area contributed by atoms with Crippen molar-refractivity contribution in [2.24, 2.45) is 5.92 Å². The van der Waals surface area contributed by atoms with Crippen LogP contribution < -0.4 is 0 Å². The van der Waals surface area contributed by atoms with Crippen LogP contribution in [-0.2, 0) is 33.4 Å². The molecule has 0 amide bonds. The summed E-state index contributed by atoms with van der Waals surface area (Å²) < 4.78 is 15.3. The molecular weight excluding hydrogens is 452 g/mol. The van der Waals surface area contributed by atoms with Crippen molar-refractivity contribution in [1.82, 2.24) is 0 Å². The van der Waals surface area contributed by atoms with Gasteiger partial charge in [-0.15, -0.1) is 0 Å². The van der Waals surface area contributed by atoms with Crippen molar-refractivity contribution >= 4 is 23.9 Å². The molecule has 8 heteroatoms. The van der Waals surface area contributed by atoms with Gasteiger partial charge in [0.2, 0.25) is 0 Å². The number of rotatable bonds is 22. The van der Waals surface area contributed by atoms with Gasteiger partial charge >= 0.3 is 23.9 Å². The number of carbonyl (C=O) groups is 4. The van der Waals surface area contributed by atoms with E-state index in [1.54, 1.807) is 0 Å². The fraction of sp³-hybridized carbons (Fsp3) is 0.852. The molecule has 0 aromatic heterocycles. The summed E-state index contributed by atoms with van der Waals surface area (Å²) in [4.78, 5) is 46.4. The first-order valence-electron chi connectivity index (χ1n) is 13.4. The molecule has 3 unspecified atom stereocenters. The maximum absolute atomic E-state index is 12.0. The molecule has 0 aromatic rings. The molecule has 0 bridgehead atoms. The Morgan fingerprint density at radius 1 is 0.629 bits per heavy atom. The number of carboxylic acids is 1. The number of hydrogen-bond donors (Lipinski definition) is 1. The summed E-state index contributed by atoms with van der Waals surface area (Å²) in [5, 5.41) is 9.78. The van der Waals surface area contributed by atoms with Gasteiger partial charge in [0.25, 0.3) is 0 Å². The number of unbranched alkanes of at least 4 members (excludes halogenated alkanes) is 13. The fourth-order valence-electron chi connectivity index (χ4n) is 4.20. The lowest BCUT2D eigenvalue weighted by Crippen LogP contribution is -2.45. The van der Waals surface area contributed by atoms with Crippen LogP contribution in [0.3, 0.4) is 0 Å². The highest BCUT2D eigenvalue weighted by Crippen LogP contribution is 2.23. The van der Waals surface area contributed by atoms with Gasteiger partial charge < -0.3 is 19.3 Å². The van der Waals surface area contributed by atoms with E-state index in [0.29, 0.717) is 6.42 Å². The average Bonchev–Trinajstić information content (AvgIpc) is 2.77. The van der Waals surface area contributed by atoms with Crippen LogP contribution in [0.5, 0.6) is 0 Å². The Morgan fingerprint density at radius 3 is 1.43 bits per heavy atom. The lowest BCUT2D eigenvalue weighted by atomic mass is 9.91. The van der Waals surface area contributed by atoms with Crippen molar-refractivity contribution in [1.29, 1.82) is 0 Å². The molecule has 0 rings (SSSR count). The second-order valence-electron chi connectivity index (χ2n) is 9.35. The van der Waals surface area contributed by atoms with E-state index in [1.165, 1.54) is 71.1 Å². The minimum atomic E-state index is -1.24. The molecule has 0 radical (unpaired) electrons. The van der Waals surface area contributed by atoms with E-state index in [4.69, 9.17) is 14.2 Å². The zero-order valence-electron chi connectivity index (χ0n) is 22.4. The van der Waals surface area contributed by atoms with Crippen LogP contribution in [0.2, 0.25) is 0 Å². The zero-order valence-corrected chi connectivity index (χ0v) is 22.4. The average molecular weight is 501 g/mol. The molecule has 0 aliphatic heterocycles. The SMILES string of the molecule is CCCCCCCCCCCCCCCCC(C(=O)O)C(OC(C)=O)C(COC(C)=O)OC(C)=O. The van der Waals surface area contributed by atoms with Crippen LogP contribution in [0.1, 0.15) is 124 Å². The lowest BCUT2D eigenvalue weighted by molar-refractivity contribution is -0.182. The van der Waals surface area contributed by atoms with Crippen LogP contribution in [0.25, 0.3) is 0 Å². The minimum Gasteiger partial charge on any atom is -0.481 e. The number of hydrogen-bond acceptors (Lipinski definition) is 7. The first-order chi connectivity index (χ1) is 16.7. The topological polar surface area (TPSA) is 116 Å². The largest absolute Gasteiger partial charge is 0.481 e. The van der Waals surface area contributed by atoms with Gasteiger partial charge in [0.1, 0.15) is 6.61 Å². The van der Waals surface area contributed by atoms with E-state index in [-0.39, 0.29) is 13.0 Å². The molecular formula is C27H48O8. The van der Waals surface area contributed by atoms with Gasteiger partial charge in [0, 0.05) is 20.8 Å². The highest BCUT2D eigenvalue weighted by Gasteiger charge is 2.39. The monoisotopic (exact) mass is 500 g/mol. The number of ether oxygens (including phenoxy) is 3. The highest BCUT2D eigenvalue weighted by atomic mass is 16.6. The van der Waals surface area contributed by atoms with E-state index in [1.807, 2.05) is 0 Å². The Labute approximate surface area is 211 Å². The second kappa shape index (κ2) is 21.2. The summed E-state index contributed by atoms with van der Waals surface area (Å²) in [5.41, 5.74) is 0. The molecule has 0 aliphatic carbocycles. The molecule has 8 nitrogen and oxygen atoms in total. The number of esters is 3. The Hall–Kier alpha value is -2.12. The molecule has 0 heterocycles. The normalized spacial score (nSPS) is 13.5. The van der Waals surface area contributed by atoms with Crippen molar-refractivity contribution in [3.05, 3.63) is 0 Å². The summed E-state index contributed by atoms with van der Waals surface area (Å²) >= 11 is 0. The van der Waals surface area contributed by atoms with E-state index in [2.05, 4.69) is 6.92 Å². The van der Waals surface area contributed by atoms with E-state index < -0.39 is 42.0 Å². The van der Waals surface area contributed by atoms with Gasteiger partial charge in [-0.1, -0.05) is 96.8 Å². The molecule has 1 N–H and O–H groups in total. The quantitative estimate of drug-likeness (QED) is 0.110. The highest BCUT2D eigenvalue weighted by molar-refractivity contribution is 5.73. The molecule has 0 aromatic carbocycles. The van der Waals surface area contributed by atoms with Gasteiger partial charge in [-0.2, -0.15) is 0 Å². The van der Waals surface area contributed by atoms with Crippen LogP contribution >= 0.6 is 0 Å². The van der Waals surface area contributed by atoms with Gasteiger partial charge in [-0.05, 0) is 6.42 Å². The molecule has 0 spiro atoms. The van der Waals surface area contributed by atoms with Crippen LogP contribution in [0.15, 0.2) is 0 Å². The second-order valence-corrected chi connectivity index (χ2v) is 9.35. The Kier molecular flexibility index (Phi) is 19.9. The smallest absolute Gasteiger partial charge is 0.310 e. The van der Waals surface area contributed by atoms with Crippen LogP contribution in [0, 0.1) is 5.92 Å². The van der Waals surface area contributed by atoms with Gasteiger partial charge in [0.05, 0.1) is 5.92 Å². The standard InChI is InChI=1S/C27H48O8/c1-5-6-7-8-9-10-11-12-13-14-15-16-17-18-19-24(27(31)32)26(35-23(4)30)25(34-22(3)29)20-33-21(2)28/h24-26H,5-20H2,1-4H3,(H,31,32). The predicted molar refractivity (Wildman–Crippen MR) is 134 cm³/mol. The summed E-state index contributed by atoms with van der Waals surface area (Å²) in [7, 11) is 0. The molecule has 0 fully saturated rings. The predicted octanol–water partition coefficient (Wildman–Crippen LogP) is 5.99. The van der Waals surface area contributed by atoms with Gasteiger partial charge in [-0.25, -0.2) is 0 Å². The number of carbonyl (C=O) groups excluding carboxylic acids is 3. The Balaban J connectivity index is 4.45. The third kappa shape index (κ3) is 18.8. The van der Waals surface area contributed by atoms with Crippen LogP contribution in [0.4, 0.5) is 0 Å². The maximum atomic E-state index is 12.0. The Bertz CT molecular complexity index is 604. The van der Waals surface area contributed by atoms with E-state index >= 15 is 0 Å². The molecule has 35 heavy (non-hydrogen) atoms. The summed E-state index contributed by atoms with van der Waals surface area (Å²) in [5.74, 6) is -4.20. The molecule has 204 valence electrons. The number of aliphatic carboxylic acids is 1. The van der Waals surface area contributed by atoms with Crippen molar-refractivity contribution in [2.75, 3.05) is 6.61 Å². The maximum Gasteiger partial charge on any atom is 0.310 e. The van der Waals surface area contributed by atoms with Gasteiger partial charge in [0.15, 0.2) is 12.2 Å². The van der Waals surface area contributed by atoms with Crippen LogP contribution in [-0.4, -0.2) is 47.8 Å². The van der Waals surface area contributed by atoms with Crippen molar-refractivity contribution < 1.29 is 38.5 Å². The van der Waals surface area contributed by atoms with E-state index in [9.17, 15) is 24.3 Å². The number of carboxylic acid groups (broad SMARTS) is 1. The fourth-order valence-corrected chi connectivity index (χ4v) is 4.20. The summed E-state index contributed by atoms with van der Waals surface area (Å²) in [6.45, 7) is 5.37. The minimum absolute atomic E-state index is 0.267. The van der Waals surface area contributed by atoms with Crippen molar-refractivity contribution in [2.45, 2.75) is 136 Å². The van der Waals surface area contributed by atoms with Crippen molar-refractivity contribution in [3.63, 3.8) is 0 Å². The molecule has 3 atom stereocenters. The molecule has 0 saturated heterocycles. The first kappa shape index (κ1) is 32.9. The van der Waals surface area contributed by atoms with E-state index in [0.717, 1.165) is 33.1 Å². The summed E-state index contributed by atoms with van der Waals surface area (Å²) in [6.07, 6.45) is 14.5. The molecule has 0 aliphatic rings. The van der Waals surface area contributed by atoms with Gasteiger partial charge in [-0.3, -0.25) is 19.2 Å². The third-order valence-corrected chi connectivity index (χ3v) is 6.02.